The van der Waals surface area contributed by atoms with Gasteiger partial charge in [-0.05, 0) is 56.8 Å². The highest BCUT2D eigenvalue weighted by molar-refractivity contribution is 8.18. The van der Waals surface area contributed by atoms with Crippen LogP contribution < -0.4 is 0 Å². The first-order valence-corrected chi connectivity index (χ1v) is 10.5. The number of benzene rings is 1. The van der Waals surface area contributed by atoms with E-state index in [-0.39, 0.29) is 11.5 Å². The zero-order valence-electron chi connectivity index (χ0n) is 17.2. The van der Waals surface area contributed by atoms with Gasteiger partial charge in [-0.2, -0.15) is 0 Å². The summed E-state index contributed by atoms with van der Waals surface area (Å²) >= 11 is 0.735. The Morgan fingerprint density at radius 3 is 2.39 bits per heavy atom. The molecule has 0 saturated carbocycles. The van der Waals surface area contributed by atoms with Crippen molar-refractivity contribution in [1.82, 2.24) is 4.90 Å². The number of ether oxygens (including phenoxy) is 2. The van der Waals surface area contributed by atoms with Crippen molar-refractivity contribution in [2.75, 3.05) is 13.2 Å². The zero-order valence-corrected chi connectivity index (χ0v) is 18.1. The Morgan fingerprint density at radius 2 is 1.74 bits per heavy atom. The molecule has 0 aliphatic carbocycles. The van der Waals surface area contributed by atoms with Crippen molar-refractivity contribution in [3.05, 3.63) is 52.6 Å². The van der Waals surface area contributed by atoms with Gasteiger partial charge in [-0.3, -0.25) is 14.5 Å². The van der Waals surface area contributed by atoms with Gasteiger partial charge in [0.05, 0.1) is 23.7 Å². The molecule has 2 heterocycles. The number of hydrogen-bond acceptors (Lipinski definition) is 8. The van der Waals surface area contributed by atoms with Crippen LogP contribution >= 0.6 is 11.8 Å². The molecule has 1 aromatic heterocycles. The molecule has 162 valence electrons. The molecule has 0 bridgehead atoms. The molecule has 1 atom stereocenters. The van der Waals surface area contributed by atoms with Crippen molar-refractivity contribution in [3.8, 4) is 11.3 Å². The van der Waals surface area contributed by atoms with E-state index in [1.54, 1.807) is 50.2 Å². The Labute approximate surface area is 183 Å². The van der Waals surface area contributed by atoms with Crippen LogP contribution in [0.15, 0.2) is 45.7 Å². The van der Waals surface area contributed by atoms with E-state index in [0.717, 1.165) is 22.2 Å². The first-order chi connectivity index (χ1) is 14.8. The van der Waals surface area contributed by atoms with Crippen LogP contribution in [0, 0.1) is 0 Å². The largest absolute Gasteiger partial charge is 0.464 e. The average molecular weight is 443 g/mol. The number of hydrogen-bond donors (Lipinski definition) is 0. The fraction of sp³-hybridized carbons (Fsp3) is 0.273. The van der Waals surface area contributed by atoms with Gasteiger partial charge in [0.15, 0.2) is 0 Å². The highest BCUT2D eigenvalue weighted by Crippen LogP contribution is 2.34. The van der Waals surface area contributed by atoms with Gasteiger partial charge in [-0.15, -0.1) is 0 Å². The van der Waals surface area contributed by atoms with E-state index in [2.05, 4.69) is 0 Å². The van der Waals surface area contributed by atoms with Gasteiger partial charge in [-0.25, -0.2) is 9.59 Å². The molecule has 8 nitrogen and oxygen atoms in total. The minimum atomic E-state index is -1.01. The number of amides is 2. The monoisotopic (exact) mass is 443 g/mol. The maximum Gasteiger partial charge on any atom is 0.338 e. The molecule has 2 amide bonds. The quantitative estimate of drug-likeness (QED) is 0.465. The van der Waals surface area contributed by atoms with Crippen molar-refractivity contribution in [1.29, 1.82) is 0 Å². The van der Waals surface area contributed by atoms with Crippen LogP contribution in [0.5, 0.6) is 0 Å². The topological polar surface area (TPSA) is 103 Å². The molecule has 0 unspecified atom stereocenters. The molecule has 0 N–H and O–H groups in total. The number of imide groups is 1. The van der Waals surface area contributed by atoms with E-state index >= 15 is 0 Å². The predicted octanol–water partition coefficient (Wildman–Crippen LogP) is 4.11. The summed E-state index contributed by atoms with van der Waals surface area (Å²) < 4.78 is 15.6. The lowest BCUT2D eigenvalue weighted by atomic mass is 10.1. The summed E-state index contributed by atoms with van der Waals surface area (Å²) in [6.07, 6.45) is 1.46. The molecule has 1 saturated heterocycles. The number of carbonyl (C=O) groups is 4. The second-order valence-electron chi connectivity index (χ2n) is 6.48. The van der Waals surface area contributed by atoms with Crippen LogP contribution in [-0.4, -0.2) is 47.2 Å². The van der Waals surface area contributed by atoms with Gasteiger partial charge in [0.2, 0.25) is 0 Å². The van der Waals surface area contributed by atoms with Gasteiger partial charge >= 0.3 is 11.9 Å². The fourth-order valence-corrected chi connectivity index (χ4v) is 3.77. The Bertz CT molecular complexity index is 1040. The van der Waals surface area contributed by atoms with Crippen LogP contribution in [0.25, 0.3) is 17.4 Å². The Morgan fingerprint density at radius 1 is 1.06 bits per heavy atom. The molecule has 1 aromatic carbocycles. The number of rotatable bonds is 7. The van der Waals surface area contributed by atoms with Gasteiger partial charge in [-0.1, -0.05) is 12.1 Å². The third-order valence-corrected chi connectivity index (χ3v) is 5.30. The van der Waals surface area contributed by atoms with Gasteiger partial charge < -0.3 is 13.9 Å². The summed E-state index contributed by atoms with van der Waals surface area (Å²) in [5.41, 5.74) is 1.17. The first kappa shape index (κ1) is 22.4. The normalized spacial score (nSPS) is 16.0. The Kier molecular flexibility index (Phi) is 6.96. The van der Waals surface area contributed by atoms with Crippen LogP contribution in [0.2, 0.25) is 0 Å². The van der Waals surface area contributed by atoms with Crippen molar-refractivity contribution in [3.63, 3.8) is 0 Å². The molecular weight excluding hydrogens is 422 g/mol. The van der Waals surface area contributed by atoms with Crippen molar-refractivity contribution in [2.24, 2.45) is 0 Å². The molecule has 1 aliphatic rings. The minimum absolute atomic E-state index is 0.153. The fourth-order valence-electron chi connectivity index (χ4n) is 2.88. The van der Waals surface area contributed by atoms with Gasteiger partial charge in [0.25, 0.3) is 11.1 Å². The lowest BCUT2D eigenvalue weighted by molar-refractivity contribution is -0.150. The van der Waals surface area contributed by atoms with Crippen LogP contribution in [-0.2, 0) is 19.1 Å². The van der Waals surface area contributed by atoms with E-state index < -0.39 is 29.1 Å². The third kappa shape index (κ3) is 4.88. The Hall–Kier alpha value is -3.33. The summed E-state index contributed by atoms with van der Waals surface area (Å²) in [5.74, 6) is -0.716. The summed E-state index contributed by atoms with van der Waals surface area (Å²) in [6, 6.07) is 9.10. The highest BCUT2D eigenvalue weighted by atomic mass is 32.2. The van der Waals surface area contributed by atoms with E-state index in [0.29, 0.717) is 23.7 Å². The third-order valence-electron chi connectivity index (χ3n) is 4.42. The zero-order chi connectivity index (χ0) is 22.5. The van der Waals surface area contributed by atoms with Crippen LogP contribution in [0.3, 0.4) is 0 Å². The molecule has 3 rings (SSSR count). The maximum atomic E-state index is 12.6. The lowest BCUT2D eigenvalue weighted by Gasteiger charge is -2.19. The minimum Gasteiger partial charge on any atom is -0.464 e. The SMILES string of the molecule is CCOC(=O)c1ccc(-c2ccc(/C=C3/SC(=O)N([C@H](C)C(=O)OCC)C3=O)o2)cc1. The van der Waals surface area contributed by atoms with Crippen LogP contribution in [0.4, 0.5) is 4.79 Å². The van der Waals surface area contributed by atoms with E-state index in [9.17, 15) is 19.2 Å². The number of thioether (sulfide) groups is 1. The Balaban J connectivity index is 1.76. The molecule has 0 spiro atoms. The molecule has 31 heavy (non-hydrogen) atoms. The number of furan rings is 1. The van der Waals surface area contributed by atoms with Crippen molar-refractivity contribution in [2.45, 2.75) is 26.8 Å². The molecule has 2 aromatic rings. The average Bonchev–Trinajstić information content (AvgIpc) is 3.32. The van der Waals surface area contributed by atoms with Gasteiger partial charge in [0.1, 0.15) is 17.6 Å². The molecule has 1 aliphatic heterocycles. The summed E-state index contributed by atoms with van der Waals surface area (Å²) in [7, 11) is 0. The van der Waals surface area contributed by atoms with Crippen molar-refractivity contribution < 1.29 is 33.1 Å². The molecular formula is C22H21NO7S. The lowest BCUT2D eigenvalue weighted by Crippen LogP contribution is -2.42. The molecule has 1 fully saturated rings. The predicted molar refractivity (Wildman–Crippen MR) is 114 cm³/mol. The first-order valence-electron chi connectivity index (χ1n) is 9.66. The number of esters is 2. The van der Waals surface area contributed by atoms with Gasteiger partial charge in [0, 0.05) is 11.6 Å². The molecule has 9 heteroatoms. The second-order valence-corrected chi connectivity index (χ2v) is 7.47. The van der Waals surface area contributed by atoms with Crippen LogP contribution in [0.1, 0.15) is 36.9 Å². The van der Waals surface area contributed by atoms with Crippen molar-refractivity contribution >= 4 is 40.9 Å². The number of carbonyl (C=O) groups excluding carboxylic acids is 4. The standard InChI is InChI=1S/C22H21NO7S/c1-4-28-20(25)13(3)23-19(24)18(31-22(23)27)12-16-10-11-17(30-16)14-6-8-15(9-7-14)21(26)29-5-2/h6-13H,4-5H2,1-3H3/b18-12+/t13-/m1/s1. The second kappa shape index (κ2) is 9.65. The summed E-state index contributed by atoms with van der Waals surface area (Å²) in [5, 5.41) is -0.543. The molecule has 0 radical (unpaired) electrons. The smallest absolute Gasteiger partial charge is 0.338 e. The summed E-state index contributed by atoms with van der Waals surface area (Å²) in [4.78, 5) is 49.6. The highest BCUT2D eigenvalue weighted by Gasteiger charge is 2.41. The number of nitrogens with zero attached hydrogens (tertiary/aromatic N) is 1. The van der Waals surface area contributed by atoms with E-state index in [1.807, 2.05) is 0 Å². The summed E-state index contributed by atoms with van der Waals surface area (Å²) in [6.45, 7) is 5.29. The van der Waals surface area contributed by atoms with E-state index in [1.165, 1.54) is 13.0 Å². The van der Waals surface area contributed by atoms with E-state index in [4.69, 9.17) is 13.9 Å². The maximum absolute atomic E-state index is 12.6.